The van der Waals surface area contributed by atoms with Crippen molar-refractivity contribution in [2.45, 2.75) is 32.1 Å². The molecule has 0 aliphatic carbocycles. The third-order valence-electron chi connectivity index (χ3n) is 3.01. The standard InChI is InChI=1S/C12H26N2O/c1-15-12-6-2-3-7-13-8-11-14-9-4-5-10-14/h13H,2-12H2,1H3. The predicted octanol–water partition coefficient (Wildman–Crippen LogP) is 1.49. The molecular formula is C12H26N2O. The van der Waals surface area contributed by atoms with E-state index in [2.05, 4.69) is 10.2 Å². The van der Waals surface area contributed by atoms with Gasteiger partial charge in [-0.1, -0.05) is 0 Å². The van der Waals surface area contributed by atoms with Crippen molar-refractivity contribution in [3.05, 3.63) is 0 Å². The van der Waals surface area contributed by atoms with Crippen LogP contribution in [0.3, 0.4) is 0 Å². The van der Waals surface area contributed by atoms with Crippen LogP contribution in [-0.2, 0) is 4.74 Å². The fraction of sp³-hybridized carbons (Fsp3) is 1.00. The molecule has 1 aliphatic heterocycles. The molecule has 0 amide bonds. The second-order valence-electron chi connectivity index (χ2n) is 4.35. The summed E-state index contributed by atoms with van der Waals surface area (Å²) in [6.45, 7) is 7.10. The van der Waals surface area contributed by atoms with E-state index in [1.54, 1.807) is 7.11 Å². The molecule has 90 valence electrons. The number of methoxy groups -OCH3 is 1. The monoisotopic (exact) mass is 214 g/mol. The van der Waals surface area contributed by atoms with Crippen LogP contribution in [0.25, 0.3) is 0 Å². The van der Waals surface area contributed by atoms with Gasteiger partial charge in [0.1, 0.15) is 0 Å². The lowest BCUT2D eigenvalue weighted by Crippen LogP contribution is -2.30. The number of unbranched alkanes of at least 4 members (excludes halogenated alkanes) is 2. The van der Waals surface area contributed by atoms with E-state index in [4.69, 9.17) is 4.74 Å². The van der Waals surface area contributed by atoms with Crippen LogP contribution in [-0.4, -0.2) is 51.3 Å². The van der Waals surface area contributed by atoms with Gasteiger partial charge in [-0.25, -0.2) is 0 Å². The molecule has 0 radical (unpaired) electrons. The summed E-state index contributed by atoms with van der Waals surface area (Å²) in [7, 11) is 1.77. The van der Waals surface area contributed by atoms with Gasteiger partial charge in [0.05, 0.1) is 0 Å². The lowest BCUT2D eigenvalue weighted by atomic mass is 10.2. The molecule has 1 rings (SSSR count). The Morgan fingerprint density at radius 3 is 2.60 bits per heavy atom. The molecule has 3 nitrogen and oxygen atoms in total. The topological polar surface area (TPSA) is 24.5 Å². The third kappa shape index (κ3) is 6.88. The highest BCUT2D eigenvalue weighted by Gasteiger charge is 2.09. The molecule has 1 aliphatic rings. The second-order valence-corrected chi connectivity index (χ2v) is 4.35. The summed E-state index contributed by atoms with van der Waals surface area (Å²) in [5.41, 5.74) is 0. The fourth-order valence-electron chi connectivity index (χ4n) is 2.04. The normalized spacial score (nSPS) is 17.4. The van der Waals surface area contributed by atoms with Crippen LogP contribution in [0.2, 0.25) is 0 Å². The SMILES string of the molecule is COCCCCCNCCN1CCCC1. The van der Waals surface area contributed by atoms with Crippen molar-refractivity contribution in [2.75, 3.05) is 46.4 Å². The maximum atomic E-state index is 5.01. The summed E-state index contributed by atoms with van der Waals surface area (Å²) in [6.07, 6.45) is 6.56. The van der Waals surface area contributed by atoms with Crippen LogP contribution in [0.5, 0.6) is 0 Å². The minimum absolute atomic E-state index is 0.910. The molecule has 15 heavy (non-hydrogen) atoms. The van der Waals surface area contributed by atoms with E-state index in [0.29, 0.717) is 0 Å². The molecule has 0 unspecified atom stereocenters. The van der Waals surface area contributed by atoms with Gasteiger partial charge in [0.25, 0.3) is 0 Å². The van der Waals surface area contributed by atoms with E-state index >= 15 is 0 Å². The zero-order chi connectivity index (χ0) is 10.8. The highest BCUT2D eigenvalue weighted by Crippen LogP contribution is 2.05. The molecule has 0 aromatic rings. The van der Waals surface area contributed by atoms with Crippen molar-refractivity contribution >= 4 is 0 Å². The van der Waals surface area contributed by atoms with Crippen LogP contribution < -0.4 is 5.32 Å². The Morgan fingerprint density at radius 2 is 1.87 bits per heavy atom. The summed E-state index contributed by atoms with van der Waals surface area (Å²) in [6, 6.07) is 0. The molecule has 3 heteroatoms. The summed E-state index contributed by atoms with van der Waals surface area (Å²) in [5, 5.41) is 3.51. The van der Waals surface area contributed by atoms with Crippen molar-refractivity contribution in [3.8, 4) is 0 Å². The molecule has 1 saturated heterocycles. The molecule has 0 atom stereocenters. The number of hydrogen-bond donors (Lipinski definition) is 1. The minimum atomic E-state index is 0.910. The van der Waals surface area contributed by atoms with Crippen LogP contribution in [0.4, 0.5) is 0 Å². The van der Waals surface area contributed by atoms with Crippen LogP contribution in [0, 0.1) is 0 Å². The number of hydrogen-bond acceptors (Lipinski definition) is 3. The van der Waals surface area contributed by atoms with Gasteiger partial charge in [0.2, 0.25) is 0 Å². The Balaban J connectivity index is 1.73. The lowest BCUT2D eigenvalue weighted by molar-refractivity contribution is 0.192. The first-order valence-corrected chi connectivity index (χ1v) is 6.35. The average molecular weight is 214 g/mol. The van der Waals surface area contributed by atoms with Gasteiger partial charge in [0.15, 0.2) is 0 Å². The first-order chi connectivity index (χ1) is 7.43. The number of nitrogens with zero attached hydrogens (tertiary/aromatic N) is 1. The maximum absolute atomic E-state index is 5.01. The molecule has 0 aromatic carbocycles. The van der Waals surface area contributed by atoms with Crippen molar-refractivity contribution < 1.29 is 4.74 Å². The van der Waals surface area contributed by atoms with Gasteiger partial charge in [-0.3, -0.25) is 0 Å². The molecule has 0 saturated carbocycles. The smallest absolute Gasteiger partial charge is 0.0462 e. The number of nitrogens with one attached hydrogen (secondary N) is 1. The third-order valence-corrected chi connectivity index (χ3v) is 3.01. The Bertz CT molecular complexity index is 136. The zero-order valence-electron chi connectivity index (χ0n) is 10.1. The Hall–Kier alpha value is -0.120. The van der Waals surface area contributed by atoms with E-state index in [0.717, 1.165) is 19.7 Å². The predicted molar refractivity (Wildman–Crippen MR) is 64.3 cm³/mol. The molecule has 0 bridgehead atoms. The van der Waals surface area contributed by atoms with Crippen LogP contribution >= 0.6 is 0 Å². The number of ether oxygens (including phenoxy) is 1. The van der Waals surface area contributed by atoms with Gasteiger partial charge in [-0.05, 0) is 51.7 Å². The molecular weight excluding hydrogens is 188 g/mol. The van der Waals surface area contributed by atoms with Crippen molar-refractivity contribution in [1.82, 2.24) is 10.2 Å². The molecule has 0 aromatic heterocycles. The molecule has 0 spiro atoms. The van der Waals surface area contributed by atoms with Crippen molar-refractivity contribution in [1.29, 1.82) is 0 Å². The summed E-state index contributed by atoms with van der Waals surface area (Å²) < 4.78 is 5.01. The van der Waals surface area contributed by atoms with Gasteiger partial charge in [0, 0.05) is 26.8 Å². The summed E-state index contributed by atoms with van der Waals surface area (Å²) in [5.74, 6) is 0. The first-order valence-electron chi connectivity index (χ1n) is 6.35. The van der Waals surface area contributed by atoms with E-state index in [1.807, 2.05) is 0 Å². The van der Waals surface area contributed by atoms with Gasteiger partial charge < -0.3 is 15.0 Å². The Labute approximate surface area is 94.2 Å². The van der Waals surface area contributed by atoms with E-state index in [9.17, 15) is 0 Å². The quantitative estimate of drug-likeness (QED) is 0.589. The lowest BCUT2D eigenvalue weighted by Gasteiger charge is -2.14. The van der Waals surface area contributed by atoms with Crippen LogP contribution in [0.15, 0.2) is 0 Å². The largest absolute Gasteiger partial charge is 0.385 e. The highest BCUT2D eigenvalue weighted by molar-refractivity contribution is 4.66. The number of likely N-dealkylation sites (tertiary alicyclic amines) is 1. The fourth-order valence-corrected chi connectivity index (χ4v) is 2.04. The number of rotatable bonds is 9. The van der Waals surface area contributed by atoms with E-state index in [1.165, 1.54) is 51.7 Å². The van der Waals surface area contributed by atoms with E-state index in [-0.39, 0.29) is 0 Å². The van der Waals surface area contributed by atoms with E-state index < -0.39 is 0 Å². The highest BCUT2D eigenvalue weighted by atomic mass is 16.5. The van der Waals surface area contributed by atoms with Crippen LogP contribution in [0.1, 0.15) is 32.1 Å². The minimum Gasteiger partial charge on any atom is -0.385 e. The molecule has 1 N–H and O–H groups in total. The summed E-state index contributed by atoms with van der Waals surface area (Å²) >= 11 is 0. The zero-order valence-corrected chi connectivity index (χ0v) is 10.1. The average Bonchev–Trinajstić information content (AvgIpc) is 2.75. The second kappa shape index (κ2) is 9.13. The van der Waals surface area contributed by atoms with Crippen molar-refractivity contribution in [2.24, 2.45) is 0 Å². The van der Waals surface area contributed by atoms with Gasteiger partial charge >= 0.3 is 0 Å². The van der Waals surface area contributed by atoms with Gasteiger partial charge in [-0.2, -0.15) is 0 Å². The van der Waals surface area contributed by atoms with Gasteiger partial charge in [-0.15, -0.1) is 0 Å². The first kappa shape index (κ1) is 12.9. The molecule has 1 heterocycles. The Morgan fingerprint density at radius 1 is 1.07 bits per heavy atom. The van der Waals surface area contributed by atoms with Crippen molar-refractivity contribution in [3.63, 3.8) is 0 Å². The maximum Gasteiger partial charge on any atom is 0.0462 e. The summed E-state index contributed by atoms with van der Waals surface area (Å²) in [4.78, 5) is 2.55. The Kier molecular flexibility index (Phi) is 7.88. The molecule has 1 fully saturated rings.